The molecular formula is C26H17F3N4OS. The number of anilines is 2. The molecule has 3 N–H and O–H groups in total. The summed E-state index contributed by atoms with van der Waals surface area (Å²) in [5.74, 6) is -0.637. The van der Waals surface area contributed by atoms with Crippen LogP contribution < -0.4 is 11.1 Å². The molecule has 1 amide bonds. The minimum Gasteiger partial charge on any atom is -0.399 e. The first kappa shape index (κ1) is 22.5. The molecule has 0 aliphatic rings. The number of hydrogen-bond donors (Lipinski definition) is 2. The zero-order valence-electron chi connectivity index (χ0n) is 18.0. The first-order chi connectivity index (χ1) is 16.8. The Bertz CT molecular complexity index is 1540. The van der Waals surface area contributed by atoms with E-state index in [1.807, 2.05) is 36.4 Å². The molecule has 0 saturated carbocycles. The lowest BCUT2D eigenvalue weighted by molar-refractivity contribution is -0.137. The van der Waals surface area contributed by atoms with Gasteiger partial charge in [0, 0.05) is 32.8 Å². The number of nitrogens with two attached hydrogens (primary N) is 1. The molecule has 0 radical (unpaired) electrons. The van der Waals surface area contributed by atoms with Crippen molar-refractivity contribution in [3.05, 3.63) is 96.3 Å². The Kier molecular flexibility index (Phi) is 5.70. The minimum absolute atomic E-state index is 0.0828. The van der Waals surface area contributed by atoms with E-state index in [1.54, 1.807) is 18.2 Å². The number of fused-ring (bicyclic) bond motifs is 1. The van der Waals surface area contributed by atoms with Crippen LogP contribution in [-0.4, -0.2) is 15.9 Å². The van der Waals surface area contributed by atoms with Gasteiger partial charge < -0.3 is 11.1 Å². The monoisotopic (exact) mass is 490 g/mol. The number of aromatic nitrogens is 2. The molecule has 2 aromatic heterocycles. The topological polar surface area (TPSA) is 80.9 Å². The number of benzene rings is 3. The van der Waals surface area contributed by atoms with E-state index >= 15 is 0 Å². The quantitative estimate of drug-likeness (QED) is 0.269. The van der Waals surface area contributed by atoms with Crippen molar-refractivity contribution < 1.29 is 18.0 Å². The molecule has 35 heavy (non-hydrogen) atoms. The third-order valence-corrected chi connectivity index (χ3v) is 6.46. The van der Waals surface area contributed by atoms with Crippen LogP contribution >= 0.6 is 11.3 Å². The second-order valence-electron chi connectivity index (χ2n) is 7.79. The van der Waals surface area contributed by atoms with E-state index in [2.05, 4.69) is 15.3 Å². The van der Waals surface area contributed by atoms with Crippen LogP contribution in [0.4, 0.5) is 24.5 Å². The van der Waals surface area contributed by atoms with Gasteiger partial charge in [0.15, 0.2) is 0 Å². The Labute approximate surface area is 202 Å². The molecule has 5 rings (SSSR count). The van der Waals surface area contributed by atoms with E-state index in [9.17, 15) is 18.0 Å². The molecule has 0 aliphatic heterocycles. The van der Waals surface area contributed by atoms with E-state index in [-0.39, 0.29) is 5.56 Å². The van der Waals surface area contributed by atoms with Crippen LogP contribution in [-0.2, 0) is 6.18 Å². The van der Waals surface area contributed by atoms with E-state index in [0.29, 0.717) is 17.1 Å². The van der Waals surface area contributed by atoms with Gasteiger partial charge in [-0.3, -0.25) is 4.79 Å². The van der Waals surface area contributed by atoms with Crippen molar-refractivity contribution in [2.45, 2.75) is 6.18 Å². The van der Waals surface area contributed by atoms with Crippen molar-refractivity contribution >= 4 is 38.8 Å². The predicted molar refractivity (Wildman–Crippen MR) is 132 cm³/mol. The lowest BCUT2D eigenvalue weighted by Crippen LogP contribution is -2.14. The molecular weight excluding hydrogens is 473 g/mol. The average molecular weight is 491 g/mol. The van der Waals surface area contributed by atoms with Crippen LogP contribution in [0.1, 0.15) is 15.9 Å². The van der Waals surface area contributed by atoms with Crippen molar-refractivity contribution in [3.63, 3.8) is 0 Å². The summed E-state index contributed by atoms with van der Waals surface area (Å²) in [6.45, 7) is 0. The van der Waals surface area contributed by atoms with Gasteiger partial charge in [-0.25, -0.2) is 9.97 Å². The van der Waals surface area contributed by atoms with Crippen LogP contribution in [0, 0.1) is 0 Å². The van der Waals surface area contributed by atoms with E-state index < -0.39 is 17.6 Å². The normalized spacial score (nSPS) is 11.5. The van der Waals surface area contributed by atoms with Crippen LogP contribution in [0.2, 0.25) is 0 Å². The summed E-state index contributed by atoms with van der Waals surface area (Å²) in [5, 5.41) is 3.52. The summed E-state index contributed by atoms with van der Waals surface area (Å²) >= 11 is 1.53. The van der Waals surface area contributed by atoms with Crippen molar-refractivity contribution in [1.29, 1.82) is 0 Å². The van der Waals surface area contributed by atoms with E-state index in [4.69, 9.17) is 5.73 Å². The summed E-state index contributed by atoms with van der Waals surface area (Å²) in [6.07, 6.45) is -3.05. The van der Waals surface area contributed by atoms with Crippen LogP contribution in [0.25, 0.3) is 31.9 Å². The molecule has 0 saturated heterocycles. The molecule has 0 atom stereocenters. The van der Waals surface area contributed by atoms with Gasteiger partial charge in [-0.05, 0) is 54.1 Å². The van der Waals surface area contributed by atoms with Gasteiger partial charge in [-0.1, -0.05) is 30.3 Å². The molecule has 2 heterocycles. The maximum Gasteiger partial charge on any atom is 0.416 e. The van der Waals surface area contributed by atoms with E-state index in [1.165, 1.54) is 29.8 Å². The second kappa shape index (κ2) is 8.84. The number of nitrogen functional groups attached to an aromatic ring is 1. The highest BCUT2D eigenvalue weighted by Gasteiger charge is 2.30. The highest BCUT2D eigenvalue weighted by atomic mass is 32.1. The first-order valence-electron chi connectivity index (χ1n) is 10.5. The average Bonchev–Trinajstić information content (AvgIpc) is 3.29. The number of carbonyl (C=O) groups excluding carboxylic acids is 1. The summed E-state index contributed by atoms with van der Waals surface area (Å²) in [6, 6.07) is 20.9. The molecule has 0 aliphatic carbocycles. The highest BCUT2D eigenvalue weighted by molar-refractivity contribution is 7.21. The fraction of sp³-hybridized carbons (Fsp3) is 0.0385. The fourth-order valence-corrected chi connectivity index (χ4v) is 4.66. The third kappa shape index (κ3) is 4.71. The number of carbonyl (C=O) groups is 1. The third-order valence-electron chi connectivity index (χ3n) is 5.37. The van der Waals surface area contributed by atoms with Gasteiger partial charge >= 0.3 is 6.18 Å². The van der Waals surface area contributed by atoms with Crippen molar-refractivity contribution in [2.75, 3.05) is 11.1 Å². The number of halogens is 3. The maximum atomic E-state index is 13.0. The molecule has 0 unspecified atom stereocenters. The molecule has 5 nitrogen and oxygen atoms in total. The van der Waals surface area contributed by atoms with E-state index in [0.717, 1.165) is 38.4 Å². The van der Waals surface area contributed by atoms with Crippen LogP contribution in [0.3, 0.4) is 0 Å². The van der Waals surface area contributed by atoms with Gasteiger partial charge in [0.2, 0.25) is 0 Å². The van der Waals surface area contributed by atoms with Gasteiger partial charge in [0.05, 0.1) is 11.3 Å². The fourth-order valence-electron chi connectivity index (χ4n) is 3.66. The molecule has 174 valence electrons. The smallest absolute Gasteiger partial charge is 0.399 e. The zero-order valence-corrected chi connectivity index (χ0v) is 18.8. The first-order valence-corrected chi connectivity index (χ1v) is 11.3. The summed E-state index contributed by atoms with van der Waals surface area (Å²) in [7, 11) is 0. The number of alkyl halides is 3. The molecule has 3 aromatic carbocycles. The van der Waals surface area contributed by atoms with Gasteiger partial charge in [0.25, 0.3) is 5.91 Å². The zero-order chi connectivity index (χ0) is 24.6. The Morgan fingerprint density at radius 1 is 0.886 bits per heavy atom. The Morgan fingerprint density at radius 2 is 1.66 bits per heavy atom. The number of rotatable bonds is 4. The predicted octanol–water partition coefficient (Wildman–Crippen LogP) is 6.88. The number of nitrogens with one attached hydrogen (secondary N) is 1. The molecule has 0 bridgehead atoms. The van der Waals surface area contributed by atoms with Crippen LogP contribution in [0.5, 0.6) is 0 Å². The van der Waals surface area contributed by atoms with Gasteiger partial charge in [-0.2, -0.15) is 13.2 Å². The van der Waals surface area contributed by atoms with Gasteiger partial charge in [0.1, 0.15) is 11.2 Å². The number of thiophene rings is 1. The lowest BCUT2D eigenvalue weighted by Gasteiger charge is -2.10. The number of nitrogens with zero attached hydrogens (tertiary/aromatic N) is 2. The Hall–Kier alpha value is -4.24. The van der Waals surface area contributed by atoms with Crippen molar-refractivity contribution in [2.24, 2.45) is 0 Å². The lowest BCUT2D eigenvalue weighted by atomic mass is 10.1. The molecule has 5 aromatic rings. The number of amides is 1. The summed E-state index contributed by atoms with van der Waals surface area (Å²) in [4.78, 5) is 23.3. The highest BCUT2D eigenvalue weighted by Crippen LogP contribution is 2.37. The SMILES string of the molecule is Nc1ccc(-c2cc3c(-c4cccc(NC(=O)c5cccc(C(F)(F)F)c5)c4)ncnc3s2)cc1. The van der Waals surface area contributed by atoms with Crippen molar-refractivity contribution in [3.8, 4) is 21.7 Å². The molecule has 0 fully saturated rings. The molecule has 9 heteroatoms. The Balaban J connectivity index is 1.45. The van der Waals surface area contributed by atoms with Crippen LogP contribution in [0.15, 0.2) is 85.2 Å². The largest absolute Gasteiger partial charge is 0.416 e. The standard InChI is InChI=1S/C26H17F3N4OS/c27-26(28,29)18-5-1-4-17(11-18)24(34)33-20-6-2-3-16(12-20)23-21-13-22(35-25(21)32-14-31-23)15-7-9-19(30)10-8-15/h1-14H,30H2,(H,33,34). The van der Waals surface area contributed by atoms with Crippen molar-refractivity contribution in [1.82, 2.24) is 9.97 Å². The van der Waals surface area contributed by atoms with Gasteiger partial charge in [-0.15, -0.1) is 11.3 Å². The summed E-state index contributed by atoms with van der Waals surface area (Å²) in [5.41, 5.74) is 8.38. The summed E-state index contributed by atoms with van der Waals surface area (Å²) < 4.78 is 39.0. The second-order valence-corrected chi connectivity index (χ2v) is 8.82. The minimum atomic E-state index is -4.53. The molecule has 0 spiro atoms. The number of hydrogen-bond acceptors (Lipinski definition) is 5. The maximum absolute atomic E-state index is 13.0. The Morgan fingerprint density at radius 3 is 2.43 bits per heavy atom.